The molecule has 0 aliphatic carbocycles. The van der Waals surface area contributed by atoms with Gasteiger partial charge in [-0.2, -0.15) is 0 Å². The standard InChI is InChI=1S/C16H21N3O2S/c1-11(15-17-7-8-22-15)10-18-16(20)19-14-6-4-5-13(9-14)12(2)21-3/h4-9,11-12H,10H2,1-3H3,(H2,18,19,20). The van der Waals surface area contributed by atoms with Crippen LogP contribution in [-0.4, -0.2) is 24.7 Å². The van der Waals surface area contributed by atoms with E-state index in [-0.39, 0.29) is 18.1 Å². The summed E-state index contributed by atoms with van der Waals surface area (Å²) in [6, 6.07) is 7.43. The van der Waals surface area contributed by atoms with Crippen LogP contribution in [0, 0.1) is 0 Å². The van der Waals surface area contributed by atoms with E-state index in [4.69, 9.17) is 4.74 Å². The van der Waals surface area contributed by atoms with Crippen molar-refractivity contribution in [2.45, 2.75) is 25.9 Å². The molecule has 2 atom stereocenters. The van der Waals surface area contributed by atoms with E-state index >= 15 is 0 Å². The minimum absolute atomic E-state index is 0.00487. The van der Waals surface area contributed by atoms with Crippen LogP contribution in [0.1, 0.15) is 36.4 Å². The van der Waals surface area contributed by atoms with Crippen molar-refractivity contribution in [2.24, 2.45) is 0 Å². The van der Waals surface area contributed by atoms with Crippen LogP contribution < -0.4 is 10.6 Å². The zero-order chi connectivity index (χ0) is 15.9. The highest BCUT2D eigenvalue weighted by atomic mass is 32.1. The quantitative estimate of drug-likeness (QED) is 0.852. The predicted octanol–water partition coefficient (Wildman–Crippen LogP) is 3.78. The van der Waals surface area contributed by atoms with Crippen LogP contribution in [0.4, 0.5) is 10.5 Å². The number of carbonyl (C=O) groups is 1. The maximum atomic E-state index is 12.0. The van der Waals surface area contributed by atoms with Gasteiger partial charge in [0.1, 0.15) is 0 Å². The minimum atomic E-state index is -0.217. The smallest absolute Gasteiger partial charge is 0.319 e. The lowest BCUT2D eigenvalue weighted by Crippen LogP contribution is -2.31. The molecule has 1 aromatic heterocycles. The number of nitrogens with zero attached hydrogens (tertiary/aromatic N) is 1. The van der Waals surface area contributed by atoms with Crippen LogP contribution in [0.3, 0.4) is 0 Å². The summed E-state index contributed by atoms with van der Waals surface area (Å²) < 4.78 is 5.28. The molecule has 0 radical (unpaired) electrons. The third-order valence-corrected chi connectivity index (χ3v) is 4.42. The Balaban J connectivity index is 1.87. The summed E-state index contributed by atoms with van der Waals surface area (Å²) in [6.07, 6.45) is 1.77. The van der Waals surface area contributed by atoms with E-state index in [0.29, 0.717) is 6.54 Å². The van der Waals surface area contributed by atoms with Gasteiger partial charge in [0, 0.05) is 36.8 Å². The Morgan fingerprint density at radius 1 is 1.41 bits per heavy atom. The first-order chi connectivity index (χ1) is 10.6. The molecule has 0 aliphatic rings. The fourth-order valence-electron chi connectivity index (χ4n) is 1.99. The van der Waals surface area contributed by atoms with Crippen molar-refractivity contribution in [3.8, 4) is 0 Å². The summed E-state index contributed by atoms with van der Waals surface area (Å²) in [5, 5.41) is 8.67. The first-order valence-corrected chi connectivity index (χ1v) is 8.05. The number of anilines is 1. The maximum Gasteiger partial charge on any atom is 0.319 e. The van der Waals surface area contributed by atoms with Gasteiger partial charge < -0.3 is 15.4 Å². The Labute approximate surface area is 134 Å². The topological polar surface area (TPSA) is 63.2 Å². The summed E-state index contributed by atoms with van der Waals surface area (Å²) in [4.78, 5) is 16.2. The number of benzene rings is 1. The molecule has 2 amide bonds. The SMILES string of the molecule is COC(C)c1cccc(NC(=O)NCC(C)c2nccs2)c1. The highest BCUT2D eigenvalue weighted by molar-refractivity contribution is 7.09. The van der Waals surface area contributed by atoms with Crippen LogP contribution in [-0.2, 0) is 4.74 Å². The molecule has 22 heavy (non-hydrogen) atoms. The van der Waals surface area contributed by atoms with Crippen molar-refractivity contribution in [2.75, 3.05) is 19.0 Å². The van der Waals surface area contributed by atoms with Gasteiger partial charge in [0.25, 0.3) is 0 Å². The van der Waals surface area contributed by atoms with Gasteiger partial charge in [0.05, 0.1) is 11.1 Å². The van der Waals surface area contributed by atoms with Gasteiger partial charge in [-0.25, -0.2) is 9.78 Å². The summed E-state index contributed by atoms with van der Waals surface area (Å²) in [6.45, 7) is 4.56. The second kappa shape index (κ2) is 7.91. The van der Waals surface area contributed by atoms with Crippen LogP contribution in [0.2, 0.25) is 0 Å². The van der Waals surface area contributed by atoms with Gasteiger partial charge in [-0.3, -0.25) is 0 Å². The summed E-state index contributed by atoms with van der Waals surface area (Å²) >= 11 is 1.60. The molecular weight excluding hydrogens is 298 g/mol. The van der Waals surface area contributed by atoms with E-state index < -0.39 is 0 Å². The Bertz CT molecular complexity index is 601. The molecule has 1 aromatic carbocycles. The van der Waals surface area contributed by atoms with Gasteiger partial charge in [0.15, 0.2) is 0 Å². The Hall–Kier alpha value is -1.92. The zero-order valence-electron chi connectivity index (χ0n) is 13.0. The van der Waals surface area contributed by atoms with Crippen molar-refractivity contribution in [1.29, 1.82) is 0 Å². The molecule has 5 nitrogen and oxygen atoms in total. The molecule has 1 heterocycles. The van der Waals surface area contributed by atoms with E-state index in [1.807, 2.05) is 43.5 Å². The monoisotopic (exact) mass is 319 g/mol. The average Bonchev–Trinajstić information content (AvgIpc) is 3.06. The molecule has 2 rings (SSSR count). The largest absolute Gasteiger partial charge is 0.377 e. The summed E-state index contributed by atoms with van der Waals surface area (Å²) in [5.41, 5.74) is 1.78. The number of rotatable bonds is 6. The molecule has 0 spiro atoms. The highest BCUT2D eigenvalue weighted by Gasteiger charge is 2.10. The van der Waals surface area contributed by atoms with Gasteiger partial charge in [-0.15, -0.1) is 11.3 Å². The number of nitrogens with one attached hydrogen (secondary N) is 2. The predicted molar refractivity (Wildman–Crippen MR) is 89.4 cm³/mol. The second-order valence-electron chi connectivity index (χ2n) is 5.11. The molecule has 2 N–H and O–H groups in total. The third-order valence-electron chi connectivity index (χ3n) is 3.41. The third kappa shape index (κ3) is 4.54. The lowest BCUT2D eigenvalue weighted by Gasteiger charge is -2.13. The normalized spacial score (nSPS) is 13.4. The van der Waals surface area contributed by atoms with Gasteiger partial charge in [-0.05, 0) is 24.6 Å². The number of hydrogen-bond donors (Lipinski definition) is 2. The van der Waals surface area contributed by atoms with Crippen LogP contribution >= 0.6 is 11.3 Å². The van der Waals surface area contributed by atoms with E-state index in [1.54, 1.807) is 24.6 Å². The fourth-order valence-corrected chi connectivity index (χ4v) is 2.69. The Kier molecular flexibility index (Phi) is 5.91. The number of methoxy groups -OCH3 is 1. The van der Waals surface area contributed by atoms with E-state index in [0.717, 1.165) is 16.3 Å². The molecule has 2 aromatic rings. The molecular formula is C16H21N3O2S. The van der Waals surface area contributed by atoms with Gasteiger partial charge >= 0.3 is 6.03 Å². The number of urea groups is 1. The first-order valence-electron chi connectivity index (χ1n) is 7.17. The van der Waals surface area contributed by atoms with Gasteiger partial charge in [0.2, 0.25) is 0 Å². The molecule has 0 saturated carbocycles. The van der Waals surface area contributed by atoms with Crippen LogP contribution in [0.25, 0.3) is 0 Å². The number of carbonyl (C=O) groups excluding carboxylic acids is 1. The number of amides is 2. The van der Waals surface area contributed by atoms with E-state index in [1.165, 1.54) is 0 Å². The number of thiazole rings is 1. The van der Waals surface area contributed by atoms with Crippen molar-refractivity contribution in [1.82, 2.24) is 10.3 Å². The summed E-state index contributed by atoms with van der Waals surface area (Å²) in [5.74, 6) is 0.200. The lowest BCUT2D eigenvalue weighted by molar-refractivity contribution is 0.119. The van der Waals surface area contributed by atoms with E-state index in [9.17, 15) is 4.79 Å². The molecule has 0 saturated heterocycles. The maximum absolute atomic E-state index is 12.0. The molecule has 2 unspecified atom stereocenters. The van der Waals surface area contributed by atoms with Gasteiger partial charge in [-0.1, -0.05) is 19.1 Å². The van der Waals surface area contributed by atoms with E-state index in [2.05, 4.69) is 15.6 Å². The number of ether oxygens (including phenoxy) is 1. The molecule has 0 fully saturated rings. The van der Waals surface area contributed by atoms with Crippen molar-refractivity contribution < 1.29 is 9.53 Å². The Morgan fingerprint density at radius 2 is 2.23 bits per heavy atom. The van der Waals surface area contributed by atoms with Crippen molar-refractivity contribution in [3.63, 3.8) is 0 Å². The lowest BCUT2D eigenvalue weighted by atomic mass is 10.1. The van der Waals surface area contributed by atoms with Crippen LogP contribution in [0.5, 0.6) is 0 Å². The second-order valence-corrected chi connectivity index (χ2v) is 6.04. The molecule has 118 valence electrons. The fraction of sp³-hybridized carbons (Fsp3) is 0.375. The first kappa shape index (κ1) is 16.5. The molecule has 0 bridgehead atoms. The highest BCUT2D eigenvalue weighted by Crippen LogP contribution is 2.20. The zero-order valence-corrected chi connectivity index (χ0v) is 13.8. The van der Waals surface area contributed by atoms with Crippen molar-refractivity contribution in [3.05, 3.63) is 46.4 Å². The molecule has 6 heteroatoms. The van der Waals surface area contributed by atoms with Crippen molar-refractivity contribution >= 4 is 23.1 Å². The number of hydrogen-bond acceptors (Lipinski definition) is 4. The Morgan fingerprint density at radius 3 is 2.91 bits per heavy atom. The minimum Gasteiger partial charge on any atom is -0.377 e. The molecule has 0 aliphatic heterocycles. The number of aromatic nitrogens is 1. The van der Waals surface area contributed by atoms with Crippen LogP contribution in [0.15, 0.2) is 35.8 Å². The average molecular weight is 319 g/mol. The summed E-state index contributed by atoms with van der Waals surface area (Å²) in [7, 11) is 1.66.